The zero-order valence-corrected chi connectivity index (χ0v) is 16.5. The van der Waals surface area contributed by atoms with Crippen molar-refractivity contribution in [1.82, 2.24) is 24.4 Å². The Kier molecular flexibility index (Phi) is 4.16. The van der Waals surface area contributed by atoms with Gasteiger partial charge in [-0.05, 0) is 49.6 Å². The fourth-order valence-corrected chi connectivity index (χ4v) is 3.93. The SMILES string of the molecule is Cc1ccn2cc(-c3ccc(NC(=O)C4CCc5nnn(C)c5C4)cc3)nc2c1. The average Bonchev–Trinajstić information content (AvgIpc) is 3.31. The molecule has 0 saturated carbocycles. The predicted octanol–water partition coefficient (Wildman–Crippen LogP) is 3.18. The van der Waals surface area contributed by atoms with Crippen molar-refractivity contribution in [3.63, 3.8) is 0 Å². The Balaban J connectivity index is 1.30. The first-order valence-electron chi connectivity index (χ1n) is 9.81. The second-order valence-electron chi connectivity index (χ2n) is 7.71. The Morgan fingerprint density at radius 3 is 2.86 bits per heavy atom. The highest BCUT2D eigenvalue weighted by Crippen LogP contribution is 2.26. The van der Waals surface area contributed by atoms with E-state index in [4.69, 9.17) is 4.98 Å². The zero-order valence-electron chi connectivity index (χ0n) is 16.5. The minimum Gasteiger partial charge on any atom is -0.326 e. The lowest BCUT2D eigenvalue weighted by molar-refractivity contribution is -0.120. The molecular formula is C22H22N6O. The van der Waals surface area contributed by atoms with E-state index in [1.807, 2.05) is 48.1 Å². The molecule has 0 fully saturated rings. The van der Waals surface area contributed by atoms with Gasteiger partial charge in [0.25, 0.3) is 0 Å². The van der Waals surface area contributed by atoms with Crippen LogP contribution in [0.1, 0.15) is 23.4 Å². The van der Waals surface area contributed by atoms with Crippen LogP contribution in [-0.4, -0.2) is 30.3 Å². The molecule has 0 spiro atoms. The summed E-state index contributed by atoms with van der Waals surface area (Å²) in [5.41, 5.74) is 6.93. The van der Waals surface area contributed by atoms with E-state index in [2.05, 4.69) is 34.7 Å². The van der Waals surface area contributed by atoms with Gasteiger partial charge in [-0.25, -0.2) is 4.98 Å². The van der Waals surface area contributed by atoms with Crippen LogP contribution < -0.4 is 5.32 Å². The second kappa shape index (κ2) is 6.84. The quantitative estimate of drug-likeness (QED) is 0.587. The summed E-state index contributed by atoms with van der Waals surface area (Å²) in [6, 6.07) is 12.0. The molecule has 1 aliphatic carbocycles. The van der Waals surface area contributed by atoms with Crippen LogP contribution in [0.25, 0.3) is 16.9 Å². The maximum atomic E-state index is 12.7. The van der Waals surface area contributed by atoms with Crippen LogP contribution in [0.3, 0.4) is 0 Å². The molecule has 7 heteroatoms. The number of hydrogen-bond acceptors (Lipinski definition) is 4. The highest BCUT2D eigenvalue weighted by atomic mass is 16.1. The Hall–Kier alpha value is -3.48. The van der Waals surface area contributed by atoms with Crippen LogP contribution in [0, 0.1) is 12.8 Å². The van der Waals surface area contributed by atoms with Crippen molar-refractivity contribution in [2.45, 2.75) is 26.2 Å². The summed E-state index contributed by atoms with van der Waals surface area (Å²) in [4.78, 5) is 17.4. The van der Waals surface area contributed by atoms with Crippen molar-refractivity contribution in [2.24, 2.45) is 13.0 Å². The van der Waals surface area contributed by atoms with Crippen molar-refractivity contribution in [3.05, 3.63) is 65.7 Å². The van der Waals surface area contributed by atoms with Gasteiger partial charge in [-0.3, -0.25) is 9.48 Å². The van der Waals surface area contributed by atoms with E-state index in [9.17, 15) is 4.79 Å². The molecule has 1 amide bonds. The fourth-order valence-electron chi connectivity index (χ4n) is 3.93. The summed E-state index contributed by atoms with van der Waals surface area (Å²) in [5, 5.41) is 11.3. The van der Waals surface area contributed by atoms with Crippen LogP contribution in [0.2, 0.25) is 0 Å². The van der Waals surface area contributed by atoms with Crippen LogP contribution in [-0.2, 0) is 24.7 Å². The molecule has 7 nitrogen and oxygen atoms in total. The summed E-state index contributed by atoms with van der Waals surface area (Å²) in [7, 11) is 1.88. The second-order valence-corrected chi connectivity index (χ2v) is 7.71. The van der Waals surface area contributed by atoms with Crippen molar-refractivity contribution in [1.29, 1.82) is 0 Å². The van der Waals surface area contributed by atoms with E-state index in [1.54, 1.807) is 4.68 Å². The number of aromatic nitrogens is 5. The number of carbonyl (C=O) groups excluding carboxylic acids is 1. The lowest BCUT2D eigenvalue weighted by Gasteiger charge is -2.21. The Labute approximate surface area is 168 Å². The van der Waals surface area contributed by atoms with Crippen molar-refractivity contribution in [3.8, 4) is 11.3 Å². The van der Waals surface area contributed by atoms with Gasteiger partial charge in [-0.15, -0.1) is 5.10 Å². The van der Waals surface area contributed by atoms with Crippen molar-refractivity contribution < 1.29 is 4.79 Å². The summed E-state index contributed by atoms with van der Waals surface area (Å²) in [6.07, 6.45) is 6.32. The Morgan fingerprint density at radius 2 is 2.03 bits per heavy atom. The lowest BCUT2D eigenvalue weighted by Crippen LogP contribution is -2.29. The normalized spacial score (nSPS) is 16.0. The molecule has 3 heterocycles. The molecule has 1 aromatic carbocycles. The van der Waals surface area contributed by atoms with Gasteiger partial charge in [0.15, 0.2) is 0 Å². The van der Waals surface area contributed by atoms with E-state index in [0.29, 0.717) is 6.42 Å². The molecule has 4 aromatic rings. The summed E-state index contributed by atoms with van der Waals surface area (Å²) >= 11 is 0. The number of nitrogens with zero attached hydrogens (tertiary/aromatic N) is 5. The number of carbonyl (C=O) groups is 1. The first kappa shape index (κ1) is 17.6. The molecule has 1 aliphatic rings. The van der Waals surface area contributed by atoms with Gasteiger partial charge in [0, 0.05) is 43.0 Å². The number of imidazole rings is 1. The van der Waals surface area contributed by atoms with E-state index in [1.165, 1.54) is 5.56 Å². The molecule has 5 rings (SSSR count). The van der Waals surface area contributed by atoms with Gasteiger partial charge in [0.05, 0.1) is 17.1 Å². The number of anilines is 1. The number of pyridine rings is 1. The van der Waals surface area contributed by atoms with E-state index < -0.39 is 0 Å². The third kappa shape index (κ3) is 3.29. The number of benzene rings is 1. The molecule has 0 bridgehead atoms. The van der Waals surface area contributed by atoms with E-state index >= 15 is 0 Å². The van der Waals surface area contributed by atoms with Gasteiger partial charge in [-0.2, -0.15) is 0 Å². The number of rotatable bonds is 3. The van der Waals surface area contributed by atoms with Crippen LogP contribution in [0.15, 0.2) is 48.8 Å². The predicted molar refractivity (Wildman–Crippen MR) is 111 cm³/mol. The Morgan fingerprint density at radius 1 is 1.21 bits per heavy atom. The molecule has 1 atom stereocenters. The Bertz CT molecular complexity index is 1200. The zero-order chi connectivity index (χ0) is 20.0. The smallest absolute Gasteiger partial charge is 0.227 e. The number of hydrogen-bond donors (Lipinski definition) is 1. The summed E-state index contributed by atoms with van der Waals surface area (Å²) < 4.78 is 3.79. The van der Waals surface area contributed by atoms with Crippen molar-refractivity contribution in [2.75, 3.05) is 5.32 Å². The standard InChI is InChI=1S/C22H22N6O/c1-14-9-10-28-13-19(24-21(28)11-14)15-3-6-17(7-4-15)23-22(29)16-5-8-18-20(12-16)27(2)26-25-18/h3-4,6-7,9-11,13,16H,5,8,12H2,1-2H3,(H,23,29). The molecule has 0 aliphatic heterocycles. The van der Waals surface area contributed by atoms with Crippen LogP contribution >= 0.6 is 0 Å². The fraction of sp³-hybridized carbons (Fsp3) is 0.273. The first-order valence-corrected chi connectivity index (χ1v) is 9.81. The highest BCUT2D eigenvalue weighted by molar-refractivity contribution is 5.93. The monoisotopic (exact) mass is 386 g/mol. The van der Waals surface area contributed by atoms with Crippen LogP contribution in [0.4, 0.5) is 5.69 Å². The number of fused-ring (bicyclic) bond motifs is 2. The minimum atomic E-state index is -0.0546. The topological polar surface area (TPSA) is 77.1 Å². The highest BCUT2D eigenvalue weighted by Gasteiger charge is 2.28. The molecule has 1 N–H and O–H groups in total. The van der Waals surface area contributed by atoms with Crippen molar-refractivity contribution >= 4 is 17.2 Å². The van der Waals surface area contributed by atoms with E-state index in [-0.39, 0.29) is 11.8 Å². The lowest BCUT2D eigenvalue weighted by atomic mass is 9.89. The molecular weight excluding hydrogens is 364 g/mol. The number of aryl methyl sites for hydroxylation is 3. The maximum Gasteiger partial charge on any atom is 0.227 e. The third-order valence-electron chi connectivity index (χ3n) is 5.63. The molecule has 0 saturated heterocycles. The third-order valence-corrected chi connectivity index (χ3v) is 5.63. The van der Waals surface area contributed by atoms with Gasteiger partial charge >= 0.3 is 0 Å². The molecule has 146 valence electrons. The van der Waals surface area contributed by atoms with Crippen LogP contribution in [0.5, 0.6) is 0 Å². The molecule has 0 radical (unpaired) electrons. The summed E-state index contributed by atoms with van der Waals surface area (Å²) in [5.74, 6) is -0.00568. The molecule has 29 heavy (non-hydrogen) atoms. The number of nitrogens with one attached hydrogen (secondary N) is 1. The molecule has 3 aromatic heterocycles. The summed E-state index contributed by atoms with van der Waals surface area (Å²) in [6.45, 7) is 2.06. The van der Waals surface area contributed by atoms with Gasteiger partial charge < -0.3 is 9.72 Å². The maximum absolute atomic E-state index is 12.7. The minimum absolute atomic E-state index is 0.0489. The van der Waals surface area contributed by atoms with Gasteiger partial charge in [0.1, 0.15) is 5.65 Å². The largest absolute Gasteiger partial charge is 0.326 e. The first-order chi connectivity index (χ1) is 14.1. The molecule has 1 unspecified atom stereocenters. The number of amides is 1. The van der Waals surface area contributed by atoms with E-state index in [0.717, 1.165) is 46.8 Å². The average molecular weight is 386 g/mol. The van der Waals surface area contributed by atoms with Gasteiger partial charge in [-0.1, -0.05) is 17.3 Å². The van der Waals surface area contributed by atoms with Gasteiger partial charge in [0.2, 0.25) is 5.91 Å².